The third-order valence-corrected chi connectivity index (χ3v) is 3.32. The first-order chi connectivity index (χ1) is 9.97. The second-order valence-corrected chi connectivity index (χ2v) is 4.46. The molecule has 21 heavy (non-hydrogen) atoms. The normalized spacial score (nSPS) is 23.4. The van der Waals surface area contributed by atoms with E-state index in [1.807, 2.05) is 0 Å². The predicted molar refractivity (Wildman–Crippen MR) is 74.2 cm³/mol. The molecule has 6 nitrogen and oxygen atoms in total. The molecule has 1 rings (SSSR count). The maximum Gasteiger partial charge on any atom is 0.330 e. The van der Waals surface area contributed by atoms with Crippen LogP contribution in [-0.4, -0.2) is 36.2 Å². The highest BCUT2D eigenvalue weighted by molar-refractivity contribution is 5.88. The highest BCUT2D eigenvalue weighted by Gasteiger charge is 2.47. The third kappa shape index (κ3) is 3.81. The summed E-state index contributed by atoms with van der Waals surface area (Å²) in [5.74, 6) is -3.32. The van der Waals surface area contributed by atoms with Gasteiger partial charge in [0, 0.05) is 6.08 Å². The summed E-state index contributed by atoms with van der Waals surface area (Å²) < 4.78 is 9.74. The van der Waals surface area contributed by atoms with Gasteiger partial charge in [-0.05, 0) is 6.42 Å². The predicted octanol–water partition coefficient (Wildman–Crippen LogP) is 1.48. The van der Waals surface area contributed by atoms with Crippen LogP contribution in [0, 0.1) is 11.3 Å². The van der Waals surface area contributed by atoms with Gasteiger partial charge in [-0.1, -0.05) is 37.8 Å². The molecule has 2 atom stereocenters. The molecule has 0 radical (unpaired) electrons. The van der Waals surface area contributed by atoms with Crippen molar-refractivity contribution in [3.8, 4) is 0 Å². The summed E-state index contributed by atoms with van der Waals surface area (Å²) in [6.45, 7) is 4.72. The molecule has 0 spiro atoms. The Morgan fingerprint density at radius 3 is 2.52 bits per heavy atom. The van der Waals surface area contributed by atoms with Gasteiger partial charge in [0.15, 0.2) is 0 Å². The smallest absolute Gasteiger partial charge is 0.330 e. The van der Waals surface area contributed by atoms with Crippen LogP contribution in [-0.2, 0) is 23.9 Å². The van der Waals surface area contributed by atoms with Gasteiger partial charge in [-0.2, -0.15) is 0 Å². The Morgan fingerprint density at radius 2 is 1.95 bits per heavy atom. The Morgan fingerprint density at radius 1 is 1.29 bits per heavy atom. The minimum atomic E-state index is -1.23. The number of hydrogen-bond acceptors (Lipinski definition) is 5. The minimum absolute atomic E-state index is 0.103. The summed E-state index contributed by atoms with van der Waals surface area (Å²) in [5.41, 5.74) is -1.23. The van der Waals surface area contributed by atoms with E-state index in [0.29, 0.717) is 0 Å². The van der Waals surface area contributed by atoms with Gasteiger partial charge in [-0.3, -0.25) is 9.59 Å². The number of esters is 2. The lowest BCUT2D eigenvalue weighted by Crippen LogP contribution is -2.42. The SMILES string of the molecule is C=CC(=O)OCCOC(=O)C1(CC)C=CC=CC1C(=O)O. The van der Waals surface area contributed by atoms with E-state index in [1.54, 1.807) is 25.2 Å². The zero-order valence-corrected chi connectivity index (χ0v) is 11.8. The molecule has 6 heteroatoms. The zero-order valence-electron chi connectivity index (χ0n) is 11.8. The lowest BCUT2D eigenvalue weighted by atomic mass is 9.71. The number of carbonyl (C=O) groups excluding carboxylic acids is 2. The molecular formula is C15H18O6. The summed E-state index contributed by atoms with van der Waals surface area (Å²) in [5, 5.41) is 9.26. The van der Waals surface area contributed by atoms with Crippen molar-refractivity contribution >= 4 is 17.9 Å². The number of ether oxygens (including phenoxy) is 2. The largest absolute Gasteiger partial charge is 0.481 e. The monoisotopic (exact) mass is 294 g/mol. The van der Waals surface area contributed by atoms with Crippen molar-refractivity contribution in [1.29, 1.82) is 0 Å². The molecule has 1 aliphatic rings. The van der Waals surface area contributed by atoms with E-state index in [2.05, 4.69) is 11.3 Å². The van der Waals surface area contributed by atoms with E-state index in [9.17, 15) is 19.5 Å². The molecule has 1 N–H and O–H groups in total. The van der Waals surface area contributed by atoms with Crippen molar-refractivity contribution in [3.63, 3.8) is 0 Å². The Hall–Kier alpha value is -2.37. The number of carboxylic acid groups (broad SMARTS) is 1. The van der Waals surface area contributed by atoms with Crippen molar-refractivity contribution in [1.82, 2.24) is 0 Å². The summed E-state index contributed by atoms with van der Waals surface area (Å²) in [6.07, 6.45) is 7.52. The molecule has 0 saturated carbocycles. The third-order valence-electron chi connectivity index (χ3n) is 3.32. The number of aliphatic carboxylic acids is 1. The van der Waals surface area contributed by atoms with Crippen LogP contribution in [0.25, 0.3) is 0 Å². The van der Waals surface area contributed by atoms with Gasteiger partial charge in [-0.25, -0.2) is 4.79 Å². The van der Waals surface area contributed by atoms with Gasteiger partial charge in [0.2, 0.25) is 0 Å². The second-order valence-electron chi connectivity index (χ2n) is 4.46. The molecule has 2 unspecified atom stereocenters. The topological polar surface area (TPSA) is 89.9 Å². The number of carboxylic acids is 1. The van der Waals surface area contributed by atoms with Gasteiger partial charge in [0.25, 0.3) is 0 Å². The first kappa shape index (κ1) is 16.7. The molecule has 0 aromatic carbocycles. The molecule has 0 bridgehead atoms. The van der Waals surface area contributed by atoms with E-state index in [-0.39, 0.29) is 19.6 Å². The van der Waals surface area contributed by atoms with Crippen LogP contribution in [0.1, 0.15) is 13.3 Å². The molecule has 0 amide bonds. The van der Waals surface area contributed by atoms with Gasteiger partial charge >= 0.3 is 17.9 Å². The van der Waals surface area contributed by atoms with Gasteiger partial charge in [0.1, 0.15) is 18.6 Å². The number of rotatable bonds is 7. The van der Waals surface area contributed by atoms with Crippen LogP contribution in [0.5, 0.6) is 0 Å². The fraction of sp³-hybridized carbons (Fsp3) is 0.400. The lowest BCUT2D eigenvalue weighted by molar-refractivity contribution is -0.164. The molecular weight excluding hydrogens is 276 g/mol. The van der Waals surface area contributed by atoms with Crippen molar-refractivity contribution in [2.24, 2.45) is 11.3 Å². The molecule has 0 aromatic heterocycles. The van der Waals surface area contributed by atoms with Crippen molar-refractivity contribution in [2.45, 2.75) is 13.3 Å². The summed E-state index contributed by atoms with van der Waals surface area (Å²) >= 11 is 0. The van der Waals surface area contributed by atoms with Crippen LogP contribution in [0.3, 0.4) is 0 Å². The van der Waals surface area contributed by atoms with E-state index >= 15 is 0 Å². The van der Waals surface area contributed by atoms with Crippen LogP contribution in [0.15, 0.2) is 37.0 Å². The Balaban J connectivity index is 2.70. The molecule has 0 saturated heterocycles. The molecule has 114 valence electrons. The first-order valence-corrected chi connectivity index (χ1v) is 6.53. The molecule has 0 aliphatic heterocycles. The number of hydrogen-bond donors (Lipinski definition) is 1. The number of allylic oxidation sites excluding steroid dienone is 2. The van der Waals surface area contributed by atoms with Gasteiger partial charge in [0.05, 0.1) is 5.92 Å². The van der Waals surface area contributed by atoms with Gasteiger partial charge in [-0.15, -0.1) is 0 Å². The van der Waals surface area contributed by atoms with Crippen molar-refractivity contribution in [3.05, 3.63) is 37.0 Å². The molecule has 1 aliphatic carbocycles. The van der Waals surface area contributed by atoms with Crippen LogP contribution in [0.4, 0.5) is 0 Å². The highest BCUT2D eigenvalue weighted by atomic mass is 16.6. The maximum absolute atomic E-state index is 12.2. The van der Waals surface area contributed by atoms with Crippen molar-refractivity contribution < 1.29 is 29.0 Å². The Kier molecular flexibility index (Phi) is 5.90. The molecule has 0 aromatic rings. The fourth-order valence-electron chi connectivity index (χ4n) is 2.13. The standard InChI is InChI=1S/C15H18O6/c1-3-12(16)20-9-10-21-14(19)15(4-2)8-6-5-7-11(15)13(17)18/h3,5-8,11H,1,4,9-10H2,2H3,(H,17,18). The maximum atomic E-state index is 12.2. The van der Waals surface area contributed by atoms with E-state index in [1.165, 1.54) is 6.08 Å². The average molecular weight is 294 g/mol. The second kappa shape index (κ2) is 7.42. The minimum Gasteiger partial charge on any atom is -0.481 e. The summed E-state index contributed by atoms with van der Waals surface area (Å²) in [6, 6.07) is 0. The molecule has 0 heterocycles. The van der Waals surface area contributed by atoms with E-state index < -0.39 is 29.2 Å². The Labute approximate surface area is 122 Å². The van der Waals surface area contributed by atoms with Crippen LogP contribution >= 0.6 is 0 Å². The summed E-state index contributed by atoms with van der Waals surface area (Å²) in [4.78, 5) is 34.4. The van der Waals surface area contributed by atoms with Crippen molar-refractivity contribution in [2.75, 3.05) is 13.2 Å². The highest BCUT2D eigenvalue weighted by Crippen LogP contribution is 2.38. The zero-order chi connectivity index (χ0) is 15.9. The average Bonchev–Trinajstić information content (AvgIpc) is 2.50. The fourth-order valence-corrected chi connectivity index (χ4v) is 2.13. The quantitative estimate of drug-likeness (QED) is 0.434. The van der Waals surface area contributed by atoms with Gasteiger partial charge < -0.3 is 14.6 Å². The first-order valence-electron chi connectivity index (χ1n) is 6.53. The Bertz CT molecular complexity index is 490. The summed E-state index contributed by atoms with van der Waals surface area (Å²) in [7, 11) is 0. The van der Waals surface area contributed by atoms with E-state index in [0.717, 1.165) is 6.08 Å². The lowest BCUT2D eigenvalue weighted by Gasteiger charge is -2.32. The van der Waals surface area contributed by atoms with Crippen LogP contribution < -0.4 is 0 Å². The van der Waals surface area contributed by atoms with Crippen LogP contribution in [0.2, 0.25) is 0 Å². The number of carbonyl (C=O) groups is 3. The van der Waals surface area contributed by atoms with E-state index in [4.69, 9.17) is 4.74 Å². The molecule has 0 fully saturated rings.